The number of fused-ring (bicyclic) bond motifs is 3. The van der Waals surface area contributed by atoms with E-state index in [1.54, 1.807) is 18.8 Å². The van der Waals surface area contributed by atoms with Crippen molar-refractivity contribution in [3.63, 3.8) is 0 Å². The van der Waals surface area contributed by atoms with Gasteiger partial charge in [0.15, 0.2) is 10.9 Å². The van der Waals surface area contributed by atoms with Gasteiger partial charge in [0.2, 0.25) is 5.96 Å². The van der Waals surface area contributed by atoms with Crippen LogP contribution < -0.4 is 10.1 Å². The highest BCUT2D eigenvalue weighted by Gasteiger charge is 2.27. The van der Waals surface area contributed by atoms with Crippen molar-refractivity contribution in [1.29, 1.82) is 0 Å². The molecule has 0 amide bonds. The Labute approximate surface area is 184 Å². The van der Waals surface area contributed by atoms with Crippen LogP contribution >= 0.6 is 11.3 Å². The Balaban J connectivity index is 1.65. The average molecular weight is 437 g/mol. The molecular formula is C22H24N6O2S. The summed E-state index contributed by atoms with van der Waals surface area (Å²) in [6.07, 6.45) is 2.98. The molecule has 3 aromatic rings. The van der Waals surface area contributed by atoms with Gasteiger partial charge in [-0.1, -0.05) is 12.1 Å². The lowest BCUT2D eigenvalue weighted by molar-refractivity contribution is 0.0979. The fourth-order valence-corrected chi connectivity index (χ4v) is 4.34. The molecule has 0 saturated carbocycles. The van der Waals surface area contributed by atoms with Crippen LogP contribution in [0, 0.1) is 0 Å². The van der Waals surface area contributed by atoms with Gasteiger partial charge in [0, 0.05) is 30.3 Å². The summed E-state index contributed by atoms with van der Waals surface area (Å²) in [6.45, 7) is 4.39. The van der Waals surface area contributed by atoms with E-state index in [9.17, 15) is 4.79 Å². The van der Waals surface area contributed by atoms with Crippen molar-refractivity contribution in [1.82, 2.24) is 14.8 Å². The summed E-state index contributed by atoms with van der Waals surface area (Å²) in [4.78, 5) is 27.1. The SMILES string of the molecule is CN=C(N=C(C)C)Nc1nc2c(s1)CCC(=O)c1nn(Cc3ccc(OC)cc3)cc1-2. The van der Waals surface area contributed by atoms with Gasteiger partial charge in [-0.15, -0.1) is 11.3 Å². The number of Topliss-reactive ketones (excluding diaryl/α,β-unsaturated/α-hetero) is 1. The third-order valence-corrected chi connectivity index (χ3v) is 5.85. The fraction of sp³-hybridized carbons (Fsp3) is 0.318. The molecule has 0 fully saturated rings. The zero-order valence-corrected chi connectivity index (χ0v) is 18.8. The van der Waals surface area contributed by atoms with Gasteiger partial charge >= 0.3 is 0 Å². The van der Waals surface area contributed by atoms with Crippen LogP contribution in [0.4, 0.5) is 5.13 Å². The van der Waals surface area contributed by atoms with E-state index >= 15 is 0 Å². The summed E-state index contributed by atoms with van der Waals surface area (Å²) in [6, 6.07) is 7.81. The normalized spacial score (nSPS) is 13.3. The largest absolute Gasteiger partial charge is 0.497 e. The van der Waals surface area contributed by atoms with Crippen LogP contribution in [0.15, 0.2) is 40.4 Å². The molecule has 31 heavy (non-hydrogen) atoms. The standard InChI is InChI=1S/C22H24N6O2S/c1-13(2)24-21(23-3)26-22-25-20-16-12-28(11-14-5-7-15(30-4)8-6-14)27-19(16)17(29)9-10-18(20)31-22/h5-8,12H,9-11H2,1-4H3,(H,23,25,26). The van der Waals surface area contributed by atoms with Crippen LogP contribution in [0.1, 0.15) is 41.2 Å². The number of ether oxygens (including phenoxy) is 1. The van der Waals surface area contributed by atoms with Crippen molar-refractivity contribution in [3.8, 4) is 17.0 Å². The highest BCUT2D eigenvalue weighted by atomic mass is 32.1. The molecule has 0 bridgehead atoms. The minimum Gasteiger partial charge on any atom is -0.497 e. The van der Waals surface area contributed by atoms with Crippen molar-refractivity contribution in [2.24, 2.45) is 9.98 Å². The quantitative estimate of drug-likeness (QED) is 0.491. The van der Waals surface area contributed by atoms with Crippen LogP contribution in [0.3, 0.4) is 0 Å². The second-order valence-corrected chi connectivity index (χ2v) is 8.47. The first kappa shape index (κ1) is 20.9. The summed E-state index contributed by atoms with van der Waals surface area (Å²) >= 11 is 1.53. The van der Waals surface area contributed by atoms with Crippen LogP contribution in [0.25, 0.3) is 11.3 Å². The topological polar surface area (TPSA) is 93.8 Å². The van der Waals surface area contributed by atoms with Gasteiger partial charge in [0.05, 0.1) is 24.9 Å². The molecule has 8 nitrogen and oxygen atoms in total. The number of aryl methyl sites for hydroxylation is 1. The maximum Gasteiger partial charge on any atom is 0.223 e. The molecule has 1 aromatic carbocycles. The number of methoxy groups -OCH3 is 1. The molecule has 2 aromatic heterocycles. The smallest absolute Gasteiger partial charge is 0.223 e. The van der Waals surface area contributed by atoms with Crippen molar-refractivity contribution in [2.75, 3.05) is 19.5 Å². The minimum atomic E-state index is 0.0465. The number of hydrogen-bond acceptors (Lipinski definition) is 6. The van der Waals surface area contributed by atoms with Crippen LogP contribution in [0.5, 0.6) is 5.75 Å². The molecule has 1 aliphatic rings. The molecule has 160 valence electrons. The number of carbonyl (C=O) groups excluding carboxylic acids is 1. The number of hydrogen-bond donors (Lipinski definition) is 1. The van der Waals surface area contributed by atoms with E-state index in [2.05, 4.69) is 20.4 Å². The zero-order valence-electron chi connectivity index (χ0n) is 18.0. The number of aromatic nitrogens is 3. The van der Waals surface area contributed by atoms with Gasteiger partial charge in [0.25, 0.3) is 0 Å². The first-order valence-electron chi connectivity index (χ1n) is 9.96. The van der Waals surface area contributed by atoms with Gasteiger partial charge in [-0.25, -0.2) is 9.98 Å². The lowest BCUT2D eigenvalue weighted by atomic mass is 10.1. The summed E-state index contributed by atoms with van der Waals surface area (Å²) in [5.41, 5.74) is 4.04. The van der Waals surface area contributed by atoms with Crippen molar-refractivity contribution in [2.45, 2.75) is 33.2 Å². The molecule has 0 aliphatic heterocycles. The zero-order chi connectivity index (χ0) is 22.0. The first-order valence-corrected chi connectivity index (χ1v) is 10.8. The van der Waals surface area contributed by atoms with Crippen LogP contribution in [-0.2, 0) is 13.0 Å². The summed E-state index contributed by atoms with van der Waals surface area (Å²) < 4.78 is 7.02. The van der Waals surface area contributed by atoms with Crippen LogP contribution in [0.2, 0.25) is 0 Å². The van der Waals surface area contributed by atoms with E-state index in [-0.39, 0.29) is 5.78 Å². The summed E-state index contributed by atoms with van der Waals surface area (Å²) in [5.74, 6) is 1.36. The number of benzene rings is 1. The monoisotopic (exact) mass is 436 g/mol. The Morgan fingerprint density at radius 3 is 2.68 bits per heavy atom. The van der Waals surface area contributed by atoms with Gasteiger partial charge in [-0.05, 0) is 38.0 Å². The molecule has 0 spiro atoms. The number of ketones is 1. The molecule has 0 unspecified atom stereocenters. The lowest BCUT2D eigenvalue weighted by Crippen LogP contribution is -2.10. The Morgan fingerprint density at radius 2 is 2.00 bits per heavy atom. The number of thiazole rings is 1. The van der Waals surface area contributed by atoms with Crippen molar-refractivity contribution in [3.05, 3.63) is 46.6 Å². The molecule has 4 rings (SSSR count). The molecule has 0 saturated heterocycles. The number of nitrogens with zero attached hydrogens (tertiary/aromatic N) is 5. The number of guanidine groups is 1. The molecule has 2 heterocycles. The second-order valence-electron chi connectivity index (χ2n) is 7.38. The summed E-state index contributed by atoms with van der Waals surface area (Å²) in [7, 11) is 3.33. The molecule has 0 atom stereocenters. The highest BCUT2D eigenvalue weighted by molar-refractivity contribution is 7.16. The number of carbonyl (C=O) groups is 1. The molecule has 1 N–H and O–H groups in total. The van der Waals surface area contributed by atoms with Gasteiger partial charge < -0.3 is 10.1 Å². The van der Waals surface area contributed by atoms with E-state index in [1.807, 2.05) is 44.3 Å². The predicted molar refractivity (Wildman–Crippen MR) is 124 cm³/mol. The van der Waals surface area contributed by atoms with Crippen LogP contribution in [-0.4, -0.2) is 46.4 Å². The van der Waals surface area contributed by atoms with Gasteiger partial charge in [-0.2, -0.15) is 5.10 Å². The number of rotatable bonds is 4. The lowest BCUT2D eigenvalue weighted by Gasteiger charge is -2.04. The number of aliphatic imine (C=N–C) groups is 2. The predicted octanol–water partition coefficient (Wildman–Crippen LogP) is 4.07. The molecule has 9 heteroatoms. The van der Waals surface area contributed by atoms with Gasteiger partial charge in [0.1, 0.15) is 11.4 Å². The molecule has 0 radical (unpaired) electrons. The van der Waals surface area contributed by atoms with E-state index < -0.39 is 0 Å². The Bertz CT molecular complexity index is 1170. The highest BCUT2D eigenvalue weighted by Crippen LogP contribution is 2.37. The second kappa shape index (κ2) is 8.81. The molecule has 1 aliphatic carbocycles. The van der Waals surface area contributed by atoms with Crippen molar-refractivity contribution >= 4 is 33.9 Å². The van der Waals surface area contributed by atoms with E-state index in [0.29, 0.717) is 36.2 Å². The maximum atomic E-state index is 12.7. The Hall–Kier alpha value is -3.33. The summed E-state index contributed by atoms with van der Waals surface area (Å²) in [5, 5.41) is 8.48. The van der Waals surface area contributed by atoms with E-state index in [0.717, 1.165) is 33.2 Å². The van der Waals surface area contributed by atoms with Gasteiger partial charge in [-0.3, -0.25) is 14.5 Å². The Kier molecular flexibility index (Phi) is 5.94. The minimum absolute atomic E-state index is 0.0465. The third-order valence-electron chi connectivity index (χ3n) is 4.82. The molecular weight excluding hydrogens is 412 g/mol. The van der Waals surface area contributed by atoms with E-state index in [1.165, 1.54) is 11.3 Å². The average Bonchev–Trinajstić information content (AvgIpc) is 3.33. The van der Waals surface area contributed by atoms with E-state index in [4.69, 9.17) is 9.72 Å². The van der Waals surface area contributed by atoms with Crippen molar-refractivity contribution < 1.29 is 9.53 Å². The fourth-order valence-electron chi connectivity index (χ4n) is 3.37. The maximum absolute atomic E-state index is 12.7. The first-order chi connectivity index (χ1) is 15.0. The Morgan fingerprint density at radius 1 is 1.23 bits per heavy atom. The third kappa shape index (κ3) is 4.56. The number of nitrogens with one attached hydrogen (secondary N) is 1. The number of anilines is 1.